The lowest BCUT2D eigenvalue weighted by molar-refractivity contribution is 0.231. The van der Waals surface area contributed by atoms with Crippen molar-refractivity contribution in [1.82, 2.24) is 0 Å². The van der Waals surface area contributed by atoms with Gasteiger partial charge in [-0.15, -0.1) is 0 Å². The Morgan fingerprint density at radius 1 is 0.833 bits per heavy atom. The van der Waals surface area contributed by atoms with E-state index in [0.717, 1.165) is 42.4 Å². The summed E-state index contributed by atoms with van der Waals surface area (Å²) in [5.74, 6) is 4.53. The highest BCUT2D eigenvalue weighted by molar-refractivity contribution is 5.29. The first-order valence-electron chi connectivity index (χ1n) is 12.7. The summed E-state index contributed by atoms with van der Waals surface area (Å²) in [4.78, 5) is 0. The minimum absolute atomic E-state index is 0.217. The molecule has 0 amide bonds. The van der Waals surface area contributed by atoms with Gasteiger partial charge in [0.2, 0.25) is 0 Å². The molecule has 2 heteroatoms. The SMILES string of the molecule is CCCOc1ccc([C@H]2CC[C@H](CC[C@H]3CC[C@H](CC=CCCF)CC3)CC2)cc1. The Morgan fingerprint density at radius 3 is 2.03 bits per heavy atom. The summed E-state index contributed by atoms with van der Waals surface area (Å²) in [6.45, 7) is 2.74. The summed E-state index contributed by atoms with van der Waals surface area (Å²) < 4.78 is 17.9. The van der Waals surface area contributed by atoms with E-state index in [1.807, 2.05) is 6.08 Å². The van der Waals surface area contributed by atoms with Crippen LogP contribution in [-0.2, 0) is 0 Å². The van der Waals surface area contributed by atoms with Crippen LogP contribution in [0.1, 0.15) is 102 Å². The lowest BCUT2D eigenvalue weighted by Gasteiger charge is -2.32. The maximum Gasteiger partial charge on any atom is 0.119 e. The van der Waals surface area contributed by atoms with Crippen molar-refractivity contribution in [3.05, 3.63) is 42.0 Å². The van der Waals surface area contributed by atoms with E-state index in [9.17, 15) is 4.39 Å². The number of allylic oxidation sites excluding steroid dienone is 2. The molecule has 2 aliphatic carbocycles. The number of benzene rings is 1. The Balaban J connectivity index is 1.30. The highest BCUT2D eigenvalue weighted by Gasteiger charge is 2.25. The largest absolute Gasteiger partial charge is 0.494 e. The third-order valence-electron chi connectivity index (χ3n) is 7.53. The molecule has 0 bridgehead atoms. The van der Waals surface area contributed by atoms with Crippen molar-refractivity contribution in [2.75, 3.05) is 13.3 Å². The number of hydrogen-bond acceptors (Lipinski definition) is 1. The van der Waals surface area contributed by atoms with Crippen LogP contribution >= 0.6 is 0 Å². The van der Waals surface area contributed by atoms with Crippen LogP contribution in [0.25, 0.3) is 0 Å². The van der Waals surface area contributed by atoms with Crippen molar-refractivity contribution in [3.8, 4) is 5.75 Å². The molecule has 0 unspecified atom stereocenters. The number of rotatable bonds is 11. The van der Waals surface area contributed by atoms with Crippen LogP contribution in [0.15, 0.2) is 36.4 Å². The molecule has 0 saturated heterocycles. The summed E-state index contributed by atoms with van der Waals surface area (Å²) in [5, 5.41) is 0. The Hall–Kier alpha value is -1.31. The Morgan fingerprint density at radius 2 is 1.43 bits per heavy atom. The van der Waals surface area contributed by atoms with Gasteiger partial charge in [0.15, 0.2) is 0 Å². The molecule has 2 saturated carbocycles. The van der Waals surface area contributed by atoms with Gasteiger partial charge < -0.3 is 4.74 Å². The average molecular weight is 415 g/mol. The second kappa shape index (κ2) is 13.2. The van der Waals surface area contributed by atoms with E-state index >= 15 is 0 Å². The molecule has 0 atom stereocenters. The van der Waals surface area contributed by atoms with Gasteiger partial charge in [0.25, 0.3) is 0 Å². The normalized spacial score (nSPS) is 27.4. The summed E-state index contributed by atoms with van der Waals surface area (Å²) in [7, 11) is 0. The van der Waals surface area contributed by atoms with Crippen molar-refractivity contribution in [2.45, 2.75) is 96.3 Å². The lowest BCUT2D eigenvalue weighted by atomic mass is 9.74. The second-order valence-electron chi connectivity index (χ2n) is 9.78. The van der Waals surface area contributed by atoms with E-state index in [0.29, 0.717) is 6.42 Å². The third kappa shape index (κ3) is 7.75. The summed E-state index contributed by atoms with van der Waals surface area (Å²) in [5.41, 5.74) is 1.51. The van der Waals surface area contributed by atoms with Gasteiger partial charge in [0.05, 0.1) is 13.3 Å². The first-order chi connectivity index (χ1) is 14.8. The Kier molecular flexibility index (Phi) is 10.3. The Bertz CT molecular complexity index is 592. The fourth-order valence-electron chi connectivity index (χ4n) is 5.54. The van der Waals surface area contributed by atoms with Crippen LogP contribution in [0, 0.1) is 17.8 Å². The fraction of sp³-hybridized carbons (Fsp3) is 0.714. The smallest absolute Gasteiger partial charge is 0.119 e. The van der Waals surface area contributed by atoms with Gasteiger partial charge in [-0.3, -0.25) is 4.39 Å². The molecule has 1 aromatic rings. The number of ether oxygens (including phenoxy) is 1. The van der Waals surface area contributed by atoms with Crippen LogP contribution in [0.2, 0.25) is 0 Å². The zero-order valence-electron chi connectivity index (χ0n) is 19.2. The van der Waals surface area contributed by atoms with Crippen LogP contribution < -0.4 is 4.74 Å². The number of halogens is 1. The quantitative estimate of drug-likeness (QED) is 0.329. The van der Waals surface area contributed by atoms with Crippen molar-refractivity contribution < 1.29 is 9.13 Å². The maximum atomic E-state index is 12.2. The predicted octanol–water partition coefficient (Wildman–Crippen LogP) is 8.64. The van der Waals surface area contributed by atoms with Gasteiger partial charge in [-0.1, -0.05) is 56.9 Å². The zero-order valence-corrected chi connectivity index (χ0v) is 19.2. The molecule has 0 radical (unpaired) electrons. The summed E-state index contributed by atoms with van der Waals surface area (Å²) in [6, 6.07) is 8.90. The van der Waals surface area contributed by atoms with E-state index < -0.39 is 0 Å². The van der Waals surface area contributed by atoms with Crippen molar-refractivity contribution in [2.24, 2.45) is 17.8 Å². The monoisotopic (exact) mass is 414 g/mol. The van der Waals surface area contributed by atoms with Crippen molar-refractivity contribution in [3.63, 3.8) is 0 Å². The van der Waals surface area contributed by atoms with Gasteiger partial charge in [-0.25, -0.2) is 0 Å². The molecule has 0 N–H and O–H groups in total. The van der Waals surface area contributed by atoms with Crippen LogP contribution in [0.5, 0.6) is 5.75 Å². The first kappa shape index (κ1) is 23.4. The van der Waals surface area contributed by atoms with Crippen LogP contribution in [0.4, 0.5) is 4.39 Å². The third-order valence-corrected chi connectivity index (χ3v) is 7.53. The van der Waals surface area contributed by atoms with Gasteiger partial charge >= 0.3 is 0 Å². The highest BCUT2D eigenvalue weighted by atomic mass is 19.1. The highest BCUT2D eigenvalue weighted by Crippen LogP contribution is 2.40. The average Bonchev–Trinajstić information content (AvgIpc) is 2.81. The topological polar surface area (TPSA) is 9.23 Å². The Labute approximate surface area is 184 Å². The van der Waals surface area contributed by atoms with Gasteiger partial charge in [0, 0.05) is 0 Å². The van der Waals surface area contributed by atoms with Crippen molar-refractivity contribution in [1.29, 1.82) is 0 Å². The van der Waals surface area contributed by atoms with Gasteiger partial charge in [-0.2, -0.15) is 0 Å². The minimum Gasteiger partial charge on any atom is -0.494 e. The van der Waals surface area contributed by atoms with Crippen molar-refractivity contribution >= 4 is 0 Å². The fourth-order valence-corrected chi connectivity index (χ4v) is 5.54. The zero-order chi connectivity index (χ0) is 21.0. The lowest BCUT2D eigenvalue weighted by Crippen LogP contribution is -2.17. The molecule has 2 aliphatic rings. The summed E-state index contributed by atoms with van der Waals surface area (Å²) >= 11 is 0. The molecular weight excluding hydrogens is 371 g/mol. The molecule has 0 spiro atoms. The van der Waals surface area contributed by atoms with E-state index in [-0.39, 0.29) is 6.67 Å². The molecule has 1 nitrogen and oxygen atoms in total. The molecule has 168 valence electrons. The molecule has 0 aliphatic heterocycles. The first-order valence-corrected chi connectivity index (χ1v) is 12.7. The van der Waals surface area contributed by atoms with E-state index in [4.69, 9.17) is 4.74 Å². The predicted molar refractivity (Wildman–Crippen MR) is 126 cm³/mol. The van der Waals surface area contributed by atoms with Crippen LogP contribution in [0.3, 0.4) is 0 Å². The molecule has 2 fully saturated rings. The maximum absolute atomic E-state index is 12.2. The number of hydrogen-bond donors (Lipinski definition) is 0. The molecule has 3 rings (SSSR count). The van der Waals surface area contributed by atoms with E-state index in [1.165, 1.54) is 76.2 Å². The molecule has 30 heavy (non-hydrogen) atoms. The van der Waals surface area contributed by atoms with Gasteiger partial charge in [0.1, 0.15) is 5.75 Å². The van der Waals surface area contributed by atoms with E-state index in [1.54, 1.807) is 0 Å². The molecule has 1 aromatic carbocycles. The molecule has 0 heterocycles. The standard InChI is InChI=1S/C28H43FO/c1-2-22-30-28-19-17-27(18-20-28)26-15-13-25(14-16-26)12-11-24-9-7-23(8-10-24)6-4-3-5-21-29/h3-4,17-20,23-26H,2,5-16,21-22H2,1H3/t23-,24-,25-,26-. The second-order valence-corrected chi connectivity index (χ2v) is 9.78. The minimum atomic E-state index is -0.217. The summed E-state index contributed by atoms with van der Waals surface area (Å²) in [6.07, 6.45) is 21.1. The van der Waals surface area contributed by atoms with Crippen LogP contribution in [-0.4, -0.2) is 13.3 Å². The molecule has 0 aromatic heterocycles. The number of alkyl halides is 1. The van der Waals surface area contributed by atoms with E-state index in [2.05, 4.69) is 37.3 Å². The van der Waals surface area contributed by atoms with Gasteiger partial charge in [-0.05, 0) is 99.2 Å². The molecular formula is C28H43FO.